The molecule has 112 valence electrons. The lowest BCUT2D eigenvalue weighted by atomic mass is 9.89. The molecule has 0 spiro atoms. The van der Waals surface area contributed by atoms with Gasteiger partial charge in [-0.1, -0.05) is 19.3 Å². The second kappa shape index (κ2) is 8.77. The molecule has 0 bridgehead atoms. The Labute approximate surface area is 115 Å². The van der Waals surface area contributed by atoms with E-state index in [9.17, 15) is 4.79 Å². The standard InChI is InChI=1S/C12H23NO2.C2H4O2/c1-12(2,3)15-11(14)13-9-10-7-5-4-6-8-10;1-2(3)4/h10H,4-9H2,1-3H3,(H,13,14);1H3,(H,3,4). The first kappa shape index (κ1) is 17.7. The molecule has 1 rings (SSSR count). The summed E-state index contributed by atoms with van der Waals surface area (Å²) >= 11 is 0. The van der Waals surface area contributed by atoms with Gasteiger partial charge in [0.15, 0.2) is 0 Å². The number of hydrogen-bond donors (Lipinski definition) is 2. The van der Waals surface area contributed by atoms with Crippen molar-refractivity contribution in [3.8, 4) is 0 Å². The topological polar surface area (TPSA) is 75.6 Å². The van der Waals surface area contributed by atoms with Crippen LogP contribution < -0.4 is 5.32 Å². The van der Waals surface area contributed by atoms with Crippen molar-refractivity contribution in [2.45, 2.75) is 65.4 Å². The fourth-order valence-corrected chi connectivity index (χ4v) is 1.93. The molecule has 0 aromatic carbocycles. The molecule has 0 atom stereocenters. The molecule has 0 radical (unpaired) electrons. The summed E-state index contributed by atoms with van der Waals surface area (Å²) in [5, 5.41) is 10.3. The van der Waals surface area contributed by atoms with Crippen molar-refractivity contribution in [3.63, 3.8) is 0 Å². The molecule has 1 aliphatic rings. The summed E-state index contributed by atoms with van der Waals surface area (Å²) in [4.78, 5) is 20.4. The van der Waals surface area contributed by atoms with Crippen molar-refractivity contribution < 1.29 is 19.4 Å². The van der Waals surface area contributed by atoms with Crippen molar-refractivity contribution >= 4 is 12.1 Å². The summed E-state index contributed by atoms with van der Waals surface area (Å²) in [5.74, 6) is -0.175. The molecule has 5 heteroatoms. The number of carbonyl (C=O) groups is 2. The summed E-state index contributed by atoms with van der Waals surface area (Å²) in [6.45, 7) is 7.50. The predicted molar refractivity (Wildman–Crippen MR) is 74.1 cm³/mol. The average Bonchev–Trinajstić information content (AvgIpc) is 2.25. The zero-order valence-electron chi connectivity index (χ0n) is 12.5. The lowest BCUT2D eigenvalue weighted by Gasteiger charge is -2.24. The van der Waals surface area contributed by atoms with Crippen LogP contribution in [0.5, 0.6) is 0 Å². The third-order valence-corrected chi connectivity index (χ3v) is 2.66. The van der Waals surface area contributed by atoms with E-state index in [1.807, 2.05) is 20.8 Å². The molecule has 19 heavy (non-hydrogen) atoms. The summed E-state index contributed by atoms with van der Waals surface area (Å²) in [6.07, 6.45) is 6.17. The van der Waals surface area contributed by atoms with Crippen LogP contribution in [0.2, 0.25) is 0 Å². The van der Waals surface area contributed by atoms with Crippen LogP contribution in [0.25, 0.3) is 0 Å². The van der Waals surface area contributed by atoms with Gasteiger partial charge >= 0.3 is 6.09 Å². The zero-order valence-corrected chi connectivity index (χ0v) is 12.5. The highest BCUT2D eigenvalue weighted by molar-refractivity contribution is 5.67. The van der Waals surface area contributed by atoms with E-state index >= 15 is 0 Å². The summed E-state index contributed by atoms with van der Waals surface area (Å²) in [5.41, 5.74) is -0.392. The van der Waals surface area contributed by atoms with Gasteiger partial charge in [-0.2, -0.15) is 0 Å². The van der Waals surface area contributed by atoms with E-state index in [1.54, 1.807) is 0 Å². The fraction of sp³-hybridized carbons (Fsp3) is 0.857. The minimum absolute atomic E-state index is 0.284. The highest BCUT2D eigenvalue weighted by Gasteiger charge is 2.18. The number of carboxylic acid groups (broad SMARTS) is 1. The molecule has 0 saturated heterocycles. The van der Waals surface area contributed by atoms with Crippen molar-refractivity contribution in [3.05, 3.63) is 0 Å². The number of carboxylic acids is 1. The maximum absolute atomic E-state index is 11.4. The van der Waals surface area contributed by atoms with Gasteiger partial charge in [-0.15, -0.1) is 0 Å². The van der Waals surface area contributed by atoms with Gasteiger partial charge in [0.05, 0.1) is 0 Å². The highest BCUT2D eigenvalue weighted by Crippen LogP contribution is 2.22. The van der Waals surface area contributed by atoms with E-state index < -0.39 is 11.6 Å². The molecule has 2 N–H and O–H groups in total. The molecule has 1 amide bonds. The van der Waals surface area contributed by atoms with E-state index in [2.05, 4.69) is 5.32 Å². The van der Waals surface area contributed by atoms with E-state index in [4.69, 9.17) is 14.6 Å². The third kappa shape index (κ3) is 13.0. The normalized spacial score (nSPS) is 16.0. The third-order valence-electron chi connectivity index (χ3n) is 2.66. The maximum Gasteiger partial charge on any atom is 0.407 e. The summed E-state index contributed by atoms with van der Waals surface area (Å²) in [6, 6.07) is 0. The van der Waals surface area contributed by atoms with Crippen LogP contribution >= 0.6 is 0 Å². The Morgan fingerprint density at radius 1 is 1.21 bits per heavy atom. The molecule has 1 saturated carbocycles. The van der Waals surface area contributed by atoms with Gasteiger partial charge < -0.3 is 15.2 Å². The van der Waals surface area contributed by atoms with Gasteiger partial charge in [0.1, 0.15) is 5.60 Å². The smallest absolute Gasteiger partial charge is 0.407 e. The lowest BCUT2D eigenvalue weighted by molar-refractivity contribution is -0.134. The predicted octanol–water partition coefficient (Wildman–Crippen LogP) is 3.18. The molecule has 1 aliphatic carbocycles. The second-order valence-corrected chi connectivity index (χ2v) is 5.91. The van der Waals surface area contributed by atoms with Gasteiger partial charge in [0.2, 0.25) is 0 Å². The number of nitrogens with one attached hydrogen (secondary N) is 1. The van der Waals surface area contributed by atoms with Crippen molar-refractivity contribution in [1.29, 1.82) is 0 Å². The SMILES string of the molecule is CC(=O)O.CC(C)(C)OC(=O)NCC1CCCCC1. The Morgan fingerprint density at radius 2 is 1.68 bits per heavy atom. The van der Waals surface area contributed by atoms with Gasteiger partial charge in [0, 0.05) is 13.5 Å². The summed E-state index contributed by atoms with van der Waals surface area (Å²) in [7, 11) is 0. The molecule has 0 unspecified atom stereocenters. The minimum Gasteiger partial charge on any atom is -0.481 e. The van der Waals surface area contributed by atoms with E-state index in [1.165, 1.54) is 32.1 Å². The number of aliphatic carboxylic acids is 1. The van der Waals surface area contributed by atoms with E-state index in [-0.39, 0.29) is 6.09 Å². The van der Waals surface area contributed by atoms with Gasteiger partial charge in [-0.25, -0.2) is 4.79 Å². The molecule has 0 aromatic heterocycles. The van der Waals surface area contributed by atoms with E-state index in [0.717, 1.165) is 13.5 Å². The average molecular weight is 273 g/mol. The lowest BCUT2D eigenvalue weighted by Crippen LogP contribution is -2.35. The first-order valence-electron chi connectivity index (χ1n) is 6.87. The van der Waals surface area contributed by atoms with Crippen LogP contribution in [0.1, 0.15) is 59.8 Å². The van der Waals surface area contributed by atoms with Crippen LogP contribution in [0.4, 0.5) is 4.79 Å². The molecule has 0 heterocycles. The summed E-state index contributed by atoms with van der Waals surface area (Å²) < 4.78 is 5.18. The maximum atomic E-state index is 11.4. The van der Waals surface area contributed by atoms with Crippen molar-refractivity contribution in [1.82, 2.24) is 5.32 Å². The van der Waals surface area contributed by atoms with Crippen LogP contribution in [-0.2, 0) is 9.53 Å². The van der Waals surface area contributed by atoms with E-state index in [0.29, 0.717) is 5.92 Å². The number of carbonyl (C=O) groups excluding carboxylic acids is 1. The number of hydrogen-bond acceptors (Lipinski definition) is 3. The molecular formula is C14H27NO4. The molecule has 0 aromatic rings. The Balaban J connectivity index is 0.000000711. The zero-order chi connectivity index (χ0) is 14.9. The van der Waals surface area contributed by atoms with Crippen LogP contribution in [-0.4, -0.2) is 29.3 Å². The molecule has 1 fully saturated rings. The fourth-order valence-electron chi connectivity index (χ4n) is 1.93. The number of ether oxygens (including phenoxy) is 1. The van der Waals surface area contributed by atoms with Crippen molar-refractivity contribution in [2.75, 3.05) is 6.54 Å². The number of amides is 1. The molecular weight excluding hydrogens is 246 g/mol. The first-order valence-corrected chi connectivity index (χ1v) is 6.87. The van der Waals surface area contributed by atoms with Gasteiger partial charge in [-0.3, -0.25) is 4.79 Å². The van der Waals surface area contributed by atoms with Crippen LogP contribution in [0.15, 0.2) is 0 Å². The van der Waals surface area contributed by atoms with Gasteiger partial charge in [-0.05, 0) is 39.5 Å². The van der Waals surface area contributed by atoms with Crippen LogP contribution in [0.3, 0.4) is 0 Å². The Kier molecular flexibility index (Phi) is 8.19. The van der Waals surface area contributed by atoms with Crippen LogP contribution in [0, 0.1) is 5.92 Å². The number of rotatable bonds is 2. The first-order chi connectivity index (χ1) is 8.70. The highest BCUT2D eigenvalue weighted by atomic mass is 16.6. The Bertz CT molecular complexity index is 274. The number of alkyl carbamates (subject to hydrolysis) is 1. The Hall–Kier alpha value is -1.26. The van der Waals surface area contributed by atoms with Gasteiger partial charge in [0.25, 0.3) is 5.97 Å². The second-order valence-electron chi connectivity index (χ2n) is 5.91. The monoisotopic (exact) mass is 273 g/mol. The quantitative estimate of drug-likeness (QED) is 0.810. The Morgan fingerprint density at radius 3 is 2.11 bits per heavy atom. The van der Waals surface area contributed by atoms with Crippen molar-refractivity contribution in [2.24, 2.45) is 5.92 Å². The molecule has 5 nitrogen and oxygen atoms in total. The minimum atomic E-state index is -0.833. The largest absolute Gasteiger partial charge is 0.481 e. The molecule has 0 aliphatic heterocycles.